The van der Waals surface area contributed by atoms with Gasteiger partial charge in [-0.05, 0) is 82.8 Å². The molecule has 2 atom stereocenters. The highest BCUT2D eigenvalue weighted by atomic mass is 16.5. The van der Waals surface area contributed by atoms with Gasteiger partial charge in [0.2, 0.25) is 11.8 Å². The summed E-state index contributed by atoms with van der Waals surface area (Å²) < 4.78 is 11.4. The van der Waals surface area contributed by atoms with Crippen molar-refractivity contribution < 1.29 is 29.0 Å². The molecule has 1 fully saturated rings. The minimum absolute atomic E-state index is 0.0689. The minimum Gasteiger partial charge on any atom is -0.497 e. The van der Waals surface area contributed by atoms with Gasteiger partial charge in [0.25, 0.3) is 0 Å². The van der Waals surface area contributed by atoms with Crippen molar-refractivity contribution in [2.24, 2.45) is 5.92 Å². The number of nitrogens with zero attached hydrogens (tertiary/aromatic N) is 1. The molecular weight excluding hydrogens is 604 g/mol. The number of benzene rings is 4. The van der Waals surface area contributed by atoms with Crippen LogP contribution in [0.5, 0.6) is 11.5 Å². The maximum atomic E-state index is 14.2. The first kappa shape index (κ1) is 32.8. The number of amides is 2. The second-order valence-corrected chi connectivity index (χ2v) is 12.8. The van der Waals surface area contributed by atoms with Crippen molar-refractivity contribution in [1.29, 1.82) is 0 Å². The molecule has 1 saturated carbocycles. The Hall–Kier alpha value is -5.11. The molecule has 248 valence electrons. The van der Waals surface area contributed by atoms with Crippen molar-refractivity contribution in [2.45, 2.75) is 63.6 Å². The first-order chi connectivity index (χ1) is 23.4. The van der Waals surface area contributed by atoms with Crippen LogP contribution in [0.15, 0.2) is 97.1 Å². The van der Waals surface area contributed by atoms with E-state index in [2.05, 4.69) is 5.32 Å². The van der Waals surface area contributed by atoms with E-state index < -0.39 is 24.0 Å². The largest absolute Gasteiger partial charge is 0.497 e. The summed E-state index contributed by atoms with van der Waals surface area (Å²) in [5.74, 6) is -0.0651. The molecule has 48 heavy (non-hydrogen) atoms. The standard InChI is InChI=1S/C40H42N2O6/c1-47-33-18-13-29(14-19-33)26-48-34-20-17-32-21-22-42(37(43)24-27-7-5-6-8-27)38(35(32)25-34)39(44)41-36(40(45)46)23-28-11-15-31(16-12-28)30-9-3-2-4-10-30/h2-4,9-20,25,27,36,38H,5-8,21-24,26H2,1H3,(H,41,44)(H,45,46)/t36-,38?/m0/s1. The summed E-state index contributed by atoms with van der Waals surface area (Å²) in [5.41, 5.74) is 5.45. The number of ether oxygens (including phenoxy) is 2. The molecule has 8 heteroatoms. The van der Waals surface area contributed by atoms with Gasteiger partial charge in [-0.25, -0.2) is 4.79 Å². The summed E-state index contributed by atoms with van der Waals surface area (Å²) in [4.78, 5) is 42.1. The minimum atomic E-state index is -1.17. The Morgan fingerprint density at radius 2 is 1.52 bits per heavy atom. The van der Waals surface area contributed by atoms with Crippen LogP contribution in [0.4, 0.5) is 0 Å². The van der Waals surface area contributed by atoms with E-state index in [9.17, 15) is 19.5 Å². The number of rotatable bonds is 12. The molecule has 2 N–H and O–H groups in total. The molecular formula is C40H42N2O6. The fourth-order valence-electron chi connectivity index (χ4n) is 6.85. The van der Waals surface area contributed by atoms with Gasteiger partial charge < -0.3 is 24.8 Å². The van der Waals surface area contributed by atoms with Crippen molar-refractivity contribution in [2.75, 3.05) is 13.7 Å². The Kier molecular flexibility index (Phi) is 10.4. The number of fused-ring (bicyclic) bond motifs is 1. The highest BCUT2D eigenvalue weighted by Crippen LogP contribution is 2.36. The first-order valence-corrected chi connectivity index (χ1v) is 16.7. The number of carboxylic acids is 1. The van der Waals surface area contributed by atoms with E-state index in [1.807, 2.05) is 97.1 Å². The third-order valence-electron chi connectivity index (χ3n) is 9.53. The van der Waals surface area contributed by atoms with Crippen LogP contribution < -0.4 is 14.8 Å². The van der Waals surface area contributed by atoms with Gasteiger partial charge in [-0.3, -0.25) is 9.59 Å². The maximum absolute atomic E-state index is 14.2. The third kappa shape index (κ3) is 7.88. The normalized spacial score (nSPS) is 16.5. The lowest BCUT2D eigenvalue weighted by molar-refractivity contribution is -0.145. The highest BCUT2D eigenvalue weighted by molar-refractivity contribution is 5.92. The summed E-state index contributed by atoms with van der Waals surface area (Å²) in [6.45, 7) is 0.704. The number of hydrogen-bond acceptors (Lipinski definition) is 5. The highest BCUT2D eigenvalue weighted by Gasteiger charge is 2.38. The summed E-state index contributed by atoms with van der Waals surface area (Å²) in [6.07, 6.45) is 5.36. The lowest BCUT2D eigenvalue weighted by atomic mass is 9.90. The van der Waals surface area contributed by atoms with Crippen LogP contribution in [0.3, 0.4) is 0 Å². The quantitative estimate of drug-likeness (QED) is 0.176. The Balaban J connectivity index is 1.23. The number of carbonyl (C=O) groups excluding carboxylic acids is 2. The second kappa shape index (κ2) is 15.2. The molecule has 1 aliphatic carbocycles. The van der Waals surface area contributed by atoms with E-state index in [0.717, 1.165) is 59.3 Å². The van der Waals surface area contributed by atoms with Gasteiger partial charge in [-0.15, -0.1) is 0 Å². The summed E-state index contributed by atoms with van der Waals surface area (Å²) >= 11 is 0. The maximum Gasteiger partial charge on any atom is 0.326 e. The topological polar surface area (TPSA) is 105 Å². The van der Waals surface area contributed by atoms with E-state index in [1.165, 1.54) is 0 Å². The number of carbonyl (C=O) groups is 3. The van der Waals surface area contributed by atoms with Gasteiger partial charge in [0.1, 0.15) is 30.2 Å². The number of hydrogen-bond donors (Lipinski definition) is 2. The molecule has 4 aromatic carbocycles. The molecule has 1 heterocycles. The number of aliphatic carboxylic acids is 1. The van der Waals surface area contributed by atoms with Crippen molar-refractivity contribution in [3.05, 3.63) is 119 Å². The summed E-state index contributed by atoms with van der Waals surface area (Å²) in [5, 5.41) is 13.0. The van der Waals surface area contributed by atoms with Crippen LogP contribution in [-0.4, -0.2) is 47.5 Å². The van der Waals surface area contributed by atoms with Crippen LogP contribution in [0.25, 0.3) is 11.1 Å². The first-order valence-electron chi connectivity index (χ1n) is 16.7. The number of methoxy groups -OCH3 is 1. The molecule has 0 bridgehead atoms. The predicted molar refractivity (Wildman–Crippen MR) is 184 cm³/mol. The van der Waals surface area contributed by atoms with Crippen molar-refractivity contribution >= 4 is 17.8 Å². The smallest absolute Gasteiger partial charge is 0.326 e. The van der Waals surface area contributed by atoms with Crippen LogP contribution in [0, 0.1) is 5.92 Å². The average Bonchev–Trinajstić information content (AvgIpc) is 3.63. The molecule has 8 nitrogen and oxygen atoms in total. The Morgan fingerprint density at radius 3 is 2.21 bits per heavy atom. The van der Waals surface area contributed by atoms with E-state index in [4.69, 9.17) is 9.47 Å². The lowest BCUT2D eigenvalue weighted by Gasteiger charge is -2.37. The molecule has 0 spiro atoms. The number of carboxylic acid groups (broad SMARTS) is 1. The monoisotopic (exact) mass is 646 g/mol. The van der Waals surface area contributed by atoms with Crippen LogP contribution >= 0.6 is 0 Å². The molecule has 2 amide bonds. The van der Waals surface area contributed by atoms with Crippen molar-refractivity contribution in [1.82, 2.24) is 10.2 Å². The van der Waals surface area contributed by atoms with Gasteiger partial charge in [0, 0.05) is 19.4 Å². The van der Waals surface area contributed by atoms with Crippen LogP contribution in [-0.2, 0) is 33.8 Å². The molecule has 2 aliphatic rings. The Bertz CT molecular complexity index is 1720. The predicted octanol–water partition coefficient (Wildman–Crippen LogP) is 6.76. The molecule has 0 aromatic heterocycles. The SMILES string of the molecule is COc1ccc(COc2ccc3c(c2)C(C(=O)N[C@@H](Cc2ccc(-c4ccccc4)cc2)C(=O)O)N(C(=O)CC2CCCC2)CC3)cc1. The lowest BCUT2D eigenvalue weighted by Crippen LogP contribution is -2.51. The fraction of sp³-hybridized carbons (Fsp3) is 0.325. The van der Waals surface area contributed by atoms with Crippen molar-refractivity contribution in [3.63, 3.8) is 0 Å². The molecule has 0 saturated heterocycles. The zero-order valence-electron chi connectivity index (χ0n) is 27.3. The average molecular weight is 647 g/mol. The van der Waals surface area contributed by atoms with Gasteiger partial charge in [0.05, 0.1) is 7.11 Å². The zero-order valence-corrected chi connectivity index (χ0v) is 27.3. The van der Waals surface area contributed by atoms with Crippen molar-refractivity contribution in [3.8, 4) is 22.6 Å². The molecule has 0 radical (unpaired) electrons. The summed E-state index contributed by atoms with van der Waals surface area (Å²) in [6, 6.07) is 28.8. The Morgan fingerprint density at radius 1 is 0.854 bits per heavy atom. The fourth-order valence-corrected chi connectivity index (χ4v) is 6.85. The molecule has 1 unspecified atom stereocenters. The van der Waals surface area contributed by atoms with Gasteiger partial charge in [-0.1, -0.05) is 85.6 Å². The van der Waals surface area contributed by atoms with E-state index >= 15 is 0 Å². The van der Waals surface area contributed by atoms with E-state index in [0.29, 0.717) is 43.2 Å². The number of nitrogens with one attached hydrogen (secondary N) is 1. The molecule has 4 aromatic rings. The van der Waals surface area contributed by atoms with Crippen LogP contribution in [0.2, 0.25) is 0 Å². The van der Waals surface area contributed by atoms with E-state index in [1.54, 1.807) is 12.0 Å². The third-order valence-corrected chi connectivity index (χ3v) is 9.53. The Labute approximate surface area is 281 Å². The van der Waals surface area contributed by atoms with Gasteiger partial charge >= 0.3 is 5.97 Å². The van der Waals surface area contributed by atoms with Crippen LogP contribution in [0.1, 0.15) is 60.4 Å². The molecule has 6 rings (SSSR count). The second-order valence-electron chi connectivity index (χ2n) is 12.8. The van der Waals surface area contributed by atoms with Gasteiger partial charge in [-0.2, -0.15) is 0 Å². The van der Waals surface area contributed by atoms with Gasteiger partial charge in [0.15, 0.2) is 0 Å². The zero-order chi connectivity index (χ0) is 33.5. The molecule has 1 aliphatic heterocycles. The summed E-state index contributed by atoms with van der Waals surface area (Å²) in [7, 11) is 1.62. The van der Waals surface area contributed by atoms with E-state index in [-0.39, 0.29) is 12.3 Å².